The fourth-order valence-corrected chi connectivity index (χ4v) is 3.39. The maximum absolute atomic E-state index is 9.65. The highest BCUT2D eigenvalue weighted by atomic mass is 32.1. The van der Waals surface area contributed by atoms with Crippen LogP contribution in [-0.2, 0) is 6.54 Å². The number of thiazole rings is 1. The first kappa shape index (κ1) is 15.1. The Balaban J connectivity index is 1.51. The molecule has 0 unspecified atom stereocenters. The maximum Gasteiger partial charge on any atom is 0.182 e. The molecule has 0 radical (unpaired) electrons. The standard InChI is InChI=1S/C16H21N3O2S/c1-21-15-10-12(2-3-14(15)20)11-19-7-4-13(5-8-19)18-16-17-6-9-22-16/h2-3,6,9-10,13,20H,4-5,7-8,11H2,1H3,(H,17,18). The summed E-state index contributed by atoms with van der Waals surface area (Å²) >= 11 is 1.65. The lowest BCUT2D eigenvalue weighted by Crippen LogP contribution is -2.38. The van der Waals surface area contributed by atoms with E-state index in [-0.39, 0.29) is 5.75 Å². The molecule has 22 heavy (non-hydrogen) atoms. The van der Waals surface area contributed by atoms with Crippen LogP contribution in [0, 0.1) is 0 Å². The number of methoxy groups -OCH3 is 1. The molecule has 5 nitrogen and oxygen atoms in total. The van der Waals surface area contributed by atoms with Crippen molar-refractivity contribution < 1.29 is 9.84 Å². The Morgan fingerprint density at radius 1 is 1.41 bits per heavy atom. The molecular formula is C16H21N3O2S. The number of rotatable bonds is 5. The zero-order valence-corrected chi connectivity index (χ0v) is 13.5. The summed E-state index contributed by atoms with van der Waals surface area (Å²) in [5.74, 6) is 0.732. The number of hydrogen-bond acceptors (Lipinski definition) is 6. The smallest absolute Gasteiger partial charge is 0.182 e. The van der Waals surface area contributed by atoms with Gasteiger partial charge in [-0.2, -0.15) is 0 Å². The van der Waals surface area contributed by atoms with Crippen molar-refractivity contribution in [3.05, 3.63) is 35.3 Å². The Morgan fingerprint density at radius 3 is 2.91 bits per heavy atom. The lowest BCUT2D eigenvalue weighted by molar-refractivity contribution is 0.211. The minimum atomic E-state index is 0.192. The third kappa shape index (κ3) is 3.69. The molecule has 6 heteroatoms. The van der Waals surface area contributed by atoms with Crippen LogP contribution in [0.2, 0.25) is 0 Å². The minimum absolute atomic E-state index is 0.192. The van der Waals surface area contributed by atoms with E-state index < -0.39 is 0 Å². The highest BCUT2D eigenvalue weighted by molar-refractivity contribution is 7.13. The molecule has 2 aromatic rings. The fourth-order valence-electron chi connectivity index (χ4n) is 2.78. The molecule has 0 bridgehead atoms. The number of benzene rings is 1. The Labute approximate surface area is 134 Å². The van der Waals surface area contributed by atoms with Gasteiger partial charge in [-0.05, 0) is 30.5 Å². The number of aromatic hydroxyl groups is 1. The average molecular weight is 319 g/mol. The molecule has 1 aromatic heterocycles. The van der Waals surface area contributed by atoms with Gasteiger partial charge in [0.15, 0.2) is 16.6 Å². The molecule has 0 amide bonds. The second kappa shape index (κ2) is 6.98. The summed E-state index contributed by atoms with van der Waals surface area (Å²) in [4.78, 5) is 6.72. The molecule has 0 saturated carbocycles. The maximum atomic E-state index is 9.65. The van der Waals surface area contributed by atoms with Gasteiger partial charge in [0.05, 0.1) is 7.11 Å². The van der Waals surface area contributed by atoms with E-state index in [1.54, 1.807) is 24.5 Å². The molecule has 3 rings (SSSR count). The Kier molecular flexibility index (Phi) is 4.80. The minimum Gasteiger partial charge on any atom is -0.504 e. The van der Waals surface area contributed by atoms with Gasteiger partial charge < -0.3 is 15.2 Å². The third-order valence-electron chi connectivity index (χ3n) is 4.00. The lowest BCUT2D eigenvalue weighted by atomic mass is 10.0. The summed E-state index contributed by atoms with van der Waals surface area (Å²) in [7, 11) is 1.58. The van der Waals surface area contributed by atoms with Gasteiger partial charge >= 0.3 is 0 Å². The average Bonchev–Trinajstić information content (AvgIpc) is 3.04. The first-order chi connectivity index (χ1) is 10.7. The molecular weight excluding hydrogens is 298 g/mol. The summed E-state index contributed by atoms with van der Waals surface area (Å²) in [5.41, 5.74) is 1.17. The first-order valence-corrected chi connectivity index (χ1v) is 8.37. The number of aromatic nitrogens is 1. The molecule has 0 spiro atoms. The molecule has 1 aliphatic heterocycles. The predicted molar refractivity (Wildman–Crippen MR) is 88.7 cm³/mol. The second-order valence-electron chi connectivity index (χ2n) is 5.54. The van der Waals surface area contributed by atoms with Crippen LogP contribution in [0.15, 0.2) is 29.8 Å². The van der Waals surface area contributed by atoms with Gasteiger partial charge in [-0.15, -0.1) is 11.3 Å². The predicted octanol–water partition coefficient (Wildman–Crippen LogP) is 2.93. The van der Waals surface area contributed by atoms with Gasteiger partial charge in [-0.25, -0.2) is 4.98 Å². The molecule has 118 valence electrons. The van der Waals surface area contributed by atoms with E-state index in [0.29, 0.717) is 11.8 Å². The van der Waals surface area contributed by atoms with Gasteiger partial charge in [-0.1, -0.05) is 6.07 Å². The fraction of sp³-hybridized carbons (Fsp3) is 0.438. The van der Waals surface area contributed by atoms with Crippen molar-refractivity contribution in [2.24, 2.45) is 0 Å². The van der Waals surface area contributed by atoms with E-state index >= 15 is 0 Å². The van der Waals surface area contributed by atoms with E-state index in [4.69, 9.17) is 4.74 Å². The molecule has 2 heterocycles. The summed E-state index contributed by atoms with van der Waals surface area (Å²) in [5, 5.41) is 16.2. The van der Waals surface area contributed by atoms with Crippen LogP contribution in [0.3, 0.4) is 0 Å². The topological polar surface area (TPSA) is 57.6 Å². The second-order valence-corrected chi connectivity index (χ2v) is 6.43. The van der Waals surface area contributed by atoms with Gasteiger partial charge in [-0.3, -0.25) is 4.90 Å². The zero-order chi connectivity index (χ0) is 15.4. The highest BCUT2D eigenvalue weighted by Crippen LogP contribution is 2.27. The van der Waals surface area contributed by atoms with Crippen LogP contribution in [0.5, 0.6) is 11.5 Å². The largest absolute Gasteiger partial charge is 0.504 e. The van der Waals surface area contributed by atoms with Crippen LogP contribution in [-0.4, -0.2) is 41.2 Å². The molecule has 2 N–H and O–H groups in total. The van der Waals surface area contributed by atoms with Crippen molar-refractivity contribution in [3.63, 3.8) is 0 Å². The number of likely N-dealkylation sites (tertiary alicyclic amines) is 1. The monoisotopic (exact) mass is 319 g/mol. The molecule has 1 aliphatic rings. The van der Waals surface area contributed by atoms with Crippen molar-refractivity contribution in [3.8, 4) is 11.5 Å². The van der Waals surface area contributed by atoms with Crippen molar-refractivity contribution in [1.29, 1.82) is 0 Å². The summed E-state index contributed by atoms with van der Waals surface area (Å²) in [6.07, 6.45) is 4.07. The Hall–Kier alpha value is -1.79. The third-order valence-corrected chi connectivity index (χ3v) is 4.70. The van der Waals surface area contributed by atoms with Gasteiger partial charge in [0, 0.05) is 37.3 Å². The SMILES string of the molecule is COc1cc(CN2CCC(Nc3nccs3)CC2)ccc1O. The quantitative estimate of drug-likeness (QED) is 0.887. The van der Waals surface area contributed by atoms with Gasteiger partial charge in [0.1, 0.15) is 0 Å². The zero-order valence-electron chi connectivity index (χ0n) is 12.7. The number of phenols is 1. The van der Waals surface area contributed by atoms with Gasteiger partial charge in [0.25, 0.3) is 0 Å². The number of nitrogens with zero attached hydrogens (tertiary/aromatic N) is 2. The number of piperidine rings is 1. The molecule has 1 fully saturated rings. The van der Waals surface area contributed by atoms with Crippen molar-refractivity contribution in [2.75, 3.05) is 25.5 Å². The van der Waals surface area contributed by atoms with Crippen LogP contribution in [0.1, 0.15) is 18.4 Å². The number of ether oxygens (including phenoxy) is 1. The molecule has 1 aromatic carbocycles. The van der Waals surface area contributed by atoms with Gasteiger partial charge in [0.2, 0.25) is 0 Å². The van der Waals surface area contributed by atoms with Crippen LogP contribution < -0.4 is 10.1 Å². The normalized spacial score (nSPS) is 16.6. The van der Waals surface area contributed by atoms with Crippen molar-refractivity contribution >= 4 is 16.5 Å². The summed E-state index contributed by atoms with van der Waals surface area (Å²) < 4.78 is 5.17. The van der Waals surface area contributed by atoms with E-state index in [9.17, 15) is 5.11 Å². The molecule has 0 atom stereocenters. The van der Waals surface area contributed by atoms with Crippen LogP contribution in [0.4, 0.5) is 5.13 Å². The van der Waals surface area contributed by atoms with Crippen LogP contribution in [0.25, 0.3) is 0 Å². The van der Waals surface area contributed by atoms with Crippen LogP contribution >= 0.6 is 11.3 Å². The number of nitrogens with one attached hydrogen (secondary N) is 1. The molecule has 1 saturated heterocycles. The Bertz CT molecular complexity index is 595. The van der Waals surface area contributed by atoms with E-state index in [0.717, 1.165) is 37.6 Å². The highest BCUT2D eigenvalue weighted by Gasteiger charge is 2.20. The Morgan fingerprint density at radius 2 is 2.23 bits per heavy atom. The van der Waals surface area contributed by atoms with Crippen molar-refractivity contribution in [1.82, 2.24) is 9.88 Å². The van der Waals surface area contributed by atoms with E-state index in [1.807, 2.05) is 23.7 Å². The number of phenolic OH excluding ortho intramolecular Hbond substituents is 1. The lowest BCUT2D eigenvalue weighted by Gasteiger charge is -2.32. The first-order valence-electron chi connectivity index (χ1n) is 7.49. The van der Waals surface area contributed by atoms with E-state index in [1.165, 1.54) is 5.56 Å². The number of hydrogen-bond donors (Lipinski definition) is 2. The number of anilines is 1. The molecule has 0 aliphatic carbocycles. The van der Waals surface area contributed by atoms with Crippen molar-refractivity contribution in [2.45, 2.75) is 25.4 Å². The summed E-state index contributed by atoms with van der Waals surface area (Å²) in [6, 6.07) is 6.08. The summed E-state index contributed by atoms with van der Waals surface area (Å²) in [6.45, 7) is 3.01. The van der Waals surface area contributed by atoms with E-state index in [2.05, 4.69) is 15.2 Å².